The van der Waals surface area contributed by atoms with Crippen molar-refractivity contribution in [2.24, 2.45) is 28.6 Å². The second-order valence-corrected chi connectivity index (χ2v) is 15.7. The van der Waals surface area contributed by atoms with Crippen molar-refractivity contribution < 1.29 is 9.59 Å². The topological polar surface area (TPSA) is 34.1 Å². The number of rotatable bonds is 17. The summed E-state index contributed by atoms with van der Waals surface area (Å²) >= 11 is 0. The fourth-order valence-corrected chi connectivity index (χ4v) is 7.29. The molecule has 0 fully saturated rings. The first-order valence-electron chi connectivity index (χ1n) is 17.4. The molecule has 0 heterocycles. The number of carbonyl (C=O) groups excluding carboxylic acids is 2. The minimum absolute atomic E-state index is 0.187. The van der Waals surface area contributed by atoms with E-state index in [1.165, 1.54) is 68.1 Å². The van der Waals surface area contributed by atoms with Gasteiger partial charge in [0.2, 0.25) is 0 Å². The van der Waals surface area contributed by atoms with Gasteiger partial charge in [-0.05, 0) is 118 Å². The highest BCUT2D eigenvalue weighted by atomic mass is 16.1. The minimum atomic E-state index is 0.187. The summed E-state index contributed by atoms with van der Waals surface area (Å²) in [4.78, 5) is 24.4. The van der Waals surface area contributed by atoms with Crippen molar-refractivity contribution in [3.05, 3.63) is 46.1 Å². The molecule has 0 saturated heterocycles. The summed E-state index contributed by atoms with van der Waals surface area (Å²) in [5.41, 5.74) is 6.80. The van der Waals surface area contributed by atoms with Crippen LogP contribution in [0.15, 0.2) is 46.1 Å². The van der Waals surface area contributed by atoms with Crippen LogP contribution in [-0.4, -0.2) is 11.6 Å². The molecule has 2 rings (SSSR count). The van der Waals surface area contributed by atoms with E-state index in [0.29, 0.717) is 17.5 Å². The molecule has 2 aliphatic rings. The first kappa shape index (κ1) is 36.5. The maximum atomic E-state index is 12.2. The Bertz CT molecular complexity index is 1030. The Hall–Kier alpha value is -1.70. The molecule has 0 aromatic heterocycles. The number of hydrogen-bond donors (Lipinski definition) is 0. The summed E-state index contributed by atoms with van der Waals surface area (Å²) in [6.07, 6.45) is 23.7. The SMILES string of the molecule is CC1=C(CCC(C)CCC/C(C)=C/C=C/CC(C)CCCC(C)CCC2=C(C)C(=O)CCC2(C)C)C(C)(C)CCC1=O. The molecule has 0 aromatic carbocycles. The normalized spacial score (nSPS) is 21.8. The van der Waals surface area contributed by atoms with Crippen molar-refractivity contribution in [3.8, 4) is 0 Å². The number of hydrogen-bond acceptors (Lipinski definition) is 2. The molecule has 2 nitrogen and oxygen atoms in total. The van der Waals surface area contributed by atoms with Crippen molar-refractivity contribution in [3.63, 3.8) is 0 Å². The van der Waals surface area contributed by atoms with Crippen LogP contribution in [0.3, 0.4) is 0 Å². The smallest absolute Gasteiger partial charge is 0.158 e. The highest BCUT2D eigenvalue weighted by molar-refractivity contribution is 5.97. The quantitative estimate of drug-likeness (QED) is 0.161. The van der Waals surface area contributed by atoms with Crippen molar-refractivity contribution in [1.82, 2.24) is 0 Å². The van der Waals surface area contributed by atoms with Crippen molar-refractivity contribution in [1.29, 1.82) is 0 Å². The number of carbonyl (C=O) groups is 2. The summed E-state index contributed by atoms with van der Waals surface area (Å²) in [6.45, 7) is 22.8. The van der Waals surface area contributed by atoms with E-state index in [9.17, 15) is 9.59 Å². The Morgan fingerprint density at radius 2 is 1.17 bits per heavy atom. The summed E-state index contributed by atoms with van der Waals surface area (Å²) in [7, 11) is 0. The van der Waals surface area contributed by atoms with Gasteiger partial charge in [-0.15, -0.1) is 0 Å². The molecular weight excluding hydrogens is 512 g/mol. The molecule has 3 unspecified atom stereocenters. The zero-order valence-electron chi connectivity index (χ0n) is 29.4. The molecule has 238 valence electrons. The summed E-state index contributed by atoms with van der Waals surface area (Å²) in [6, 6.07) is 0. The van der Waals surface area contributed by atoms with E-state index in [1.54, 1.807) is 0 Å². The van der Waals surface area contributed by atoms with E-state index >= 15 is 0 Å². The lowest BCUT2D eigenvalue weighted by atomic mass is 9.70. The lowest BCUT2D eigenvalue weighted by Crippen LogP contribution is -2.25. The largest absolute Gasteiger partial charge is 0.295 e. The molecule has 0 bridgehead atoms. The van der Waals surface area contributed by atoms with Crippen molar-refractivity contribution in [2.45, 2.75) is 166 Å². The molecule has 0 N–H and O–H groups in total. The van der Waals surface area contributed by atoms with Crippen LogP contribution in [0, 0.1) is 28.6 Å². The van der Waals surface area contributed by atoms with E-state index < -0.39 is 0 Å². The Balaban J connectivity index is 1.61. The second-order valence-electron chi connectivity index (χ2n) is 15.7. The average Bonchev–Trinajstić information content (AvgIpc) is 2.91. The maximum absolute atomic E-state index is 12.2. The van der Waals surface area contributed by atoms with Crippen molar-refractivity contribution in [2.75, 3.05) is 0 Å². The molecule has 2 heteroatoms. The average molecular weight is 579 g/mol. The van der Waals surface area contributed by atoms with E-state index in [1.807, 2.05) is 0 Å². The molecule has 0 saturated carbocycles. The number of Topliss-reactive ketones (excluding diaryl/α,β-unsaturated/α-hetero) is 2. The molecule has 0 aliphatic heterocycles. The number of ketones is 2. The zero-order valence-corrected chi connectivity index (χ0v) is 29.4. The third-order valence-electron chi connectivity index (χ3n) is 10.8. The van der Waals surface area contributed by atoms with Crippen LogP contribution in [-0.2, 0) is 9.59 Å². The molecule has 0 spiro atoms. The first-order chi connectivity index (χ1) is 19.6. The van der Waals surface area contributed by atoms with Gasteiger partial charge < -0.3 is 0 Å². The van der Waals surface area contributed by atoms with Gasteiger partial charge in [0.05, 0.1) is 0 Å². The van der Waals surface area contributed by atoms with Gasteiger partial charge in [0.25, 0.3) is 0 Å². The summed E-state index contributed by atoms with van der Waals surface area (Å²) in [5.74, 6) is 2.89. The zero-order chi connectivity index (χ0) is 31.5. The number of allylic oxidation sites excluding steroid dienone is 8. The Morgan fingerprint density at radius 1 is 0.714 bits per heavy atom. The van der Waals surface area contributed by atoms with Gasteiger partial charge in [-0.25, -0.2) is 0 Å². The van der Waals surface area contributed by atoms with Crippen molar-refractivity contribution >= 4 is 11.6 Å². The van der Waals surface area contributed by atoms with Crippen LogP contribution in [0.4, 0.5) is 0 Å². The van der Waals surface area contributed by atoms with Gasteiger partial charge in [0, 0.05) is 12.8 Å². The van der Waals surface area contributed by atoms with Crippen LogP contribution >= 0.6 is 0 Å². The summed E-state index contributed by atoms with van der Waals surface area (Å²) in [5, 5.41) is 0. The highest BCUT2D eigenvalue weighted by Crippen LogP contribution is 2.43. The fraction of sp³-hybridized carbons (Fsp3) is 0.750. The Kier molecular flexibility index (Phi) is 14.7. The van der Waals surface area contributed by atoms with Gasteiger partial charge in [-0.1, -0.05) is 109 Å². The third-order valence-corrected chi connectivity index (χ3v) is 10.8. The van der Waals surface area contributed by atoms with Gasteiger partial charge in [0.1, 0.15) is 0 Å². The monoisotopic (exact) mass is 579 g/mol. The lowest BCUT2D eigenvalue weighted by molar-refractivity contribution is -0.117. The molecular formula is C40H66O2. The first-order valence-corrected chi connectivity index (χ1v) is 17.4. The molecule has 3 atom stereocenters. The van der Waals surface area contributed by atoms with E-state index in [2.05, 4.69) is 87.5 Å². The Morgan fingerprint density at radius 3 is 1.67 bits per heavy atom. The maximum Gasteiger partial charge on any atom is 0.158 e. The third kappa shape index (κ3) is 11.8. The Labute approximate surface area is 261 Å². The predicted octanol–water partition coefficient (Wildman–Crippen LogP) is 12.1. The van der Waals surface area contributed by atoms with Gasteiger partial charge in [-0.3, -0.25) is 9.59 Å². The van der Waals surface area contributed by atoms with E-state index in [0.717, 1.165) is 67.9 Å². The molecule has 0 aromatic rings. The highest BCUT2D eigenvalue weighted by Gasteiger charge is 2.33. The van der Waals surface area contributed by atoms with Gasteiger partial charge in [-0.2, -0.15) is 0 Å². The lowest BCUT2D eigenvalue weighted by Gasteiger charge is -2.34. The molecule has 0 radical (unpaired) electrons. The van der Waals surface area contributed by atoms with E-state index in [4.69, 9.17) is 0 Å². The molecule has 2 aliphatic carbocycles. The summed E-state index contributed by atoms with van der Waals surface area (Å²) < 4.78 is 0. The second kappa shape index (κ2) is 17.0. The van der Waals surface area contributed by atoms with Crippen LogP contribution in [0.2, 0.25) is 0 Å². The van der Waals surface area contributed by atoms with Gasteiger partial charge >= 0.3 is 0 Å². The van der Waals surface area contributed by atoms with Gasteiger partial charge in [0.15, 0.2) is 11.6 Å². The molecule has 0 amide bonds. The minimum Gasteiger partial charge on any atom is -0.295 e. The molecule has 42 heavy (non-hydrogen) atoms. The predicted molar refractivity (Wildman–Crippen MR) is 183 cm³/mol. The van der Waals surface area contributed by atoms with E-state index in [-0.39, 0.29) is 10.8 Å². The van der Waals surface area contributed by atoms with Crippen LogP contribution in [0.25, 0.3) is 0 Å². The standard InChI is InChI=1S/C40H66O2/c1-29(17-13-19-31(3)21-23-35-33(5)37(41)25-27-39(35,7)8)15-11-12-16-30(2)18-14-20-32(4)22-24-36-34(6)38(42)26-28-40(36,9)10/h11-12,15,30-32H,13-14,16-28H2,1-10H3/b12-11+,29-15+. The van der Waals surface area contributed by atoms with Crippen LogP contribution in [0.5, 0.6) is 0 Å². The van der Waals surface area contributed by atoms with Crippen LogP contribution in [0.1, 0.15) is 166 Å². The van der Waals surface area contributed by atoms with Crippen LogP contribution < -0.4 is 0 Å². The fourth-order valence-electron chi connectivity index (χ4n) is 7.29.